The number of unbranched alkanes of at least 4 members (excludes halogenated alkanes) is 9. The summed E-state index contributed by atoms with van der Waals surface area (Å²) in [6, 6.07) is -1.07. The van der Waals surface area contributed by atoms with Crippen LogP contribution in [0.1, 0.15) is 98.8 Å². The molecule has 0 saturated carbocycles. The van der Waals surface area contributed by atoms with Gasteiger partial charge in [-0.2, -0.15) is 0 Å². The summed E-state index contributed by atoms with van der Waals surface area (Å²) in [5, 5.41) is 0. The average molecular weight is 347 g/mol. The molecule has 22 heavy (non-hydrogen) atoms. The SMILES string of the molecule is CCCCCCCCCCCCP(=S)(CC(C)C)CC(C)C. The predicted molar refractivity (Wildman–Crippen MR) is 110 cm³/mol. The summed E-state index contributed by atoms with van der Waals surface area (Å²) in [7, 11) is 0. The van der Waals surface area contributed by atoms with Crippen molar-refractivity contribution in [2.24, 2.45) is 11.8 Å². The second kappa shape index (κ2) is 14.0. The van der Waals surface area contributed by atoms with Crippen LogP contribution in [0.3, 0.4) is 0 Å². The third-order valence-corrected chi connectivity index (χ3v) is 9.68. The molecule has 0 aliphatic heterocycles. The third kappa shape index (κ3) is 14.3. The molecular formula is C20H43PS. The lowest BCUT2D eigenvalue weighted by Crippen LogP contribution is -2.09. The maximum atomic E-state index is 6.13. The van der Waals surface area contributed by atoms with Crippen LogP contribution < -0.4 is 0 Å². The molecule has 0 spiro atoms. The molecule has 0 aliphatic carbocycles. The number of hydrogen-bond acceptors (Lipinski definition) is 1. The van der Waals surface area contributed by atoms with Gasteiger partial charge in [0.15, 0.2) is 0 Å². The van der Waals surface area contributed by atoms with E-state index < -0.39 is 6.04 Å². The molecule has 0 radical (unpaired) electrons. The zero-order chi connectivity index (χ0) is 16.8. The largest absolute Gasteiger partial charge is 0.0975 e. The maximum Gasteiger partial charge on any atom is -0.0211 e. The standard InChI is InChI=1S/C20H43PS/c1-6-7-8-9-10-11-12-13-14-15-16-21(22,17-19(2)3)18-20(4)5/h19-20H,6-18H2,1-5H3. The van der Waals surface area contributed by atoms with Gasteiger partial charge in [-0.05, 0) is 42.8 Å². The van der Waals surface area contributed by atoms with Crippen molar-refractivity contribution in [2.75, 3.05) is 18.5 Å². The normalized spacial score (nSPS) is 12.5. The van der Waals surface area contributed by atoms with Gasteiger partial charge in [0.05, 0.1) is 0 Å². The molecule has 0 unspecified atom stereocenters. The monoisotopic (exact) mass is 346 g/mol. The Balaban J connectivity index is 3.70. The highest BCUT2D eigenvalue weighted by atomic mass is 32.4. The smallest absolute Gasteiger partial charge is 0.0211 e. The van der Waals surface area contributed by atoms with Crippen molar-refractivity contribution < 1.29 is 0 Å². The number of rotatable bonds is 15. The molecule has 0 nitrogen and oxygen atoms in total. The van der Waals surface area contributed by atoms with E-state index in [-0.39, 0.29) is 0 Å². The predicted octanol–water partition coefficient (Wildman–Crippen LogP) is 7.70. The minimum absolute atomic E-state index is 0.785. The molecule has 0 aromatic heterocycles. The van der Waals surface area contributed by atoms with Gasteiger partial charge in [0.2, 0.25) is 0 Å². The topological polar surface area (TPSA) is 0 Å². The van der Waals surface area contributed by atoms with Crippen molar-refractivity contribution in [1.82, 2.24) is 0 Å². The van der Waals surface area contributed by atoms with Crippen LogP contribution in [-0.4, -0.2) is 18.5 Å². The third-order valence-electron chi connectivity index (χ3n) is 4.31. The van der Waals surface area contributed by atoms with Crippen LogP contribution in [0.15, 0.2) is 0 Å². The van der Waals surface area contributed by atoms with Gasteiger partial charge in [0.1, 0.15) is 0 Å². The van der Waals surface area contributed by atoms with E-state index in [0.717, 1.165) is 11.8 Å². The van der Waals surface area contributed by atoms with Gasteiger partial charge in [0, 0.05) is 0 Å². The summed E-state index contributed by atoms with van der Waals surface area (Å²) in [5.74, 6) is 1.57. The second-order valence-electron chi connectivity index (χ2n) is 8.12. The molecule has 0 heterocycles. The lowest BCUT2D eigenvalue weighted by Gasteiger charge is -2.26. The summed E-state index contributed by atoms with van der Waals surface area (Å²) in [6.07, 6.45) is 18.3. The van der Waals surface area contributed by atoms with E-state index in [1.807, 2.05) is 0 Å². The fraction of sp³-hybridized carbons (Fsp3) is 1.00. The molecule has 0 bridgehead atoms. The van der Waals surface area contributed by atoms with E-state index in [2.05, 4.69) is 34.6 Å². The maximum absolute atomic E-state index is 6.13. The quantitative estimate of drug-likeness (QED) is 0.216. The number of hydrogen-bond donors (Lipinski definition) is 0. The highest BCUT2D eigenvalue weighted by Crippen LogP contribution is 2.50. The summed E-state index contributed by atoms with van der Waals surface area (Å²) < 4.78 is 0. The van der Waals surface area contributed by atoms with Gasteiger partial charge in [-0.15, -0.1) is 0 Å². The van der Waals surface area contributed by atoms with E-state index in [1.54, 1.807) is 0 Å². The highest BCUT2D eigenvalue weighted by molar-refractivity contribution is 8.14. The summed E-state index contributed by atoms with van der Waals surface area (Å²) in [5.41, 5.74) is 0. The molecular weight excluding hydrogens is 303 g/mol. The molecule has 0 N–H and O–H groups in total. The Hall–Kier alpha value is 0.650. The van der Waals surface area contributed by atoms with E-state index in [4.69, 9.17) is 11.8 Å². The summed E-state index contributed by atoms with van der Waals surface area (Å²) in [4.78, 5) is 0. The van der Waals surface area contributed by atoms with Gasteiger partial charge in [0.25, 0.3) is 0 Å². The van der Waals surface area contributed by atoms with Crippen LogP contribution >= 0.6 is 6.04 Å². The molecule has 2 heteroatoms. The van der Waals surface area contributed by atoms with E-state index in [9.17, 15) is 0 Å². The Morgan fingerprint density at radius 2 is 1.00 bits per heavy atom. The fourth-order valence-electron chi connectivity index (χ4n) is 3.48. The molecule has 0 atom stereocenters. The van der Waals surface area contributed by atoms with Crippen LogP contribution in [0.2, 0.25) is 0 Å². The Labute approximate surface area is 147 Å². The minimum atomic E-state index is -1.07. The van der Waals surface area contributed by atoms with Crippen molar-refractivity contribution in [1.29, 1.82) is 0 Å². The molecule has 0 saturated heterocycles. The first kappa shape index (κ1) is 22.6. The lowest BCUT2D eigenvalue weighted by molar-refractivity contribution is 0.562. The Bertz CT molecular complexity index is 269. The van der Waals surface area contributed by atoms with Crippen LogP contribution in [0, 0.1) is 11.8 Å². The molecule has 0 fully saturated rings. The van der Waals surface area contributed by atoms with E-state index in [1.165, 1.54) is 82.7 Å². The first-order valence-electron chi connectivity index (χ1n) is 9.96. The summed E-state index contributed by atoms with van der Waals surface area (Å²) in [6.45, 7) is 11.7. The van der Waals surface area contributed by atoms with Crippen molar-refractivity contribution in [3.05, 3.63) is 0 Å². The van der Waals surface area contributed by atoms with Crippen molar-refractivity contribution in [2.45, 2.75) is 98.8 Å². The van der Waals surface area contributed by atoms with Crippen LogP contribution in [0.25, 0.3) is 0 Å². The van der Waals surface area contributed by atoms with Gasteiger partial charge in [-0.25, -0.2) is 0 Å². The van der Waals surface area contributed by atoms with Crippen LogP contribution in [-0.2, 0) is 11.8 Å². The Kier molecular flexibility index (Phi) is 14.4. The lowest BCUT2D eigenvalue weighted by atomic mass is 10.1. The Morgan fingerprint density at radius 1 is 0.636 bits per heavy atom. The van der Waals surface area contributed by atoms with Crippen LogP contribution in [0.4, 0.5) is 0 Å². The first-order chi connectivity index (χ1) is 10.4. The van der Waals surface area contributed by atoms with Gasteiger partial charge in [-0.3, -0.25) is 0 Å². The molecule has 0 rings (SSSR count). The first-order valence-corrected chi connectivity index (χ1v) is 13.3. The minimum Gasteiger partial charge on any atom is -0.0975 e. The van der Waals surface area contributed by atoms with Gasteiger partial charge >= 0.3 is 0 Å². The molecule has 0 aromatic carbocycles. The van der Waals surface area contributed by atoms with Gasteiger partial charge < -0.3 is 0 Å². The van der Waals surface area contributed by atoms with Crippen molar-refractivity contribution in [3.8, 4) is 0 Å². The van der Waals surface area contributed by atoms with E-state index >= 15 is 0 Å². The zero-order valence-electron chi connectivity index (χ0n) is 16.2. The van der Waals surface area contributed by atoms with Gasteiger partial charge in [-0.1, -0.05) is 104 Å². The Morgan fingerprint density at radius 3 is 1.36 bits per heavy atom. The molecule has 0 aliphatic rings. The summed E-state index contributed by atoms with van der Waals surface area (Å²) >= 11 is 6.13. The van der Waals surface area contributed by atoms with E-state index in [0.29, 0.717) is 0 Å². The fourth-order valence-corrected chi connectivity index (χ4v) is 9.63. The van der Waals surface area contributed by atoms with Crippen molar-refractivity contribution >= 4 is 17.8 Å². The zero-order valence-corrected chi connectivity index (χ0v) is 17.9. The van der Waals surface area contributed by atoms with Crippen molar-refractivity contribution in [3.63, 3.8) is 0 Å². The average Bonchev–Trinajstić information content (AvgIpc) is 2.39. The second-order valence-corrected chi connectivity index (χ2v) is 13.7. The molecule has 134 valence electrons. The molecule has 0 amide bonds. The highest BCUT2D eigenvalue weighted by Gasteiger charge is 2.19. The van der Waals surface area contributed by atoms with Crippen LogP contribution in [0.5, 0.6) is 0 Å². The molecule has 0 aromatic rings.